The van der Waals surface area contributed by atoms with Gasteiger partial charge in [-0.25, -0.2) is 0 Å². The molecule has 0 aliphatic rings. The Labute approximate surface area is 97.5 Å². The van der Waals surface area contributed by atoms with Gasteiger partial charge in [-0.1, -0.05) is 11.2 Å². The third-order valence-corrected chi connectivity index (χ3v) is 2.19. The molecule has 0 unspecified atom stereocenters. The van der Waals surface area contributed by atoms with E-state index in [2.05, 4.69) is 5.16 Å². The van der Waals surface area contributed by atoms with Gasteiger partial charge in [-0.2, -0.15) is 0 Å². The van der Waals surface area contributed by atoms with E-state index >= 15 is 0 Å². The number of nitrogens with zero attached hydrogens (tertiary/aromatic N) is 2. The van der Waals surface area contributed by atoms with Crippen LogP contribution in [0.5, 0.6) is 0 Å². The Bertz CT molecular complexity index is 555. The van der Waals surface area contributed by atoms with Gasteiger partial charge >= 0.3 is 0 Å². The summed E-state index contributed by atoms with van der Waals surface area (Å²) in [5, 5.41) is 14.2. The lowest BCUT2D eigenvalue weighted by Crippen LogP contribution is -1.86. The summed E-state index contributed by atoms with van der Waals surface area (Å²) in [5.41, 5.74) is 1.76. The van der Waals surface area contributed by atoms with Crippen molar-refractivity contribution in [3.8, 4) is 0 Å². The molecule has 0 fully saturated rings. The molecule has 0 N–H and O–H groups in total. The summed E-state index contributed by atoms with van der Waals surface area (Å²) in [6, 6.07) is 8.09. The van der Waals surface area contributed by atoms with E-state index in [1.807, 2.05) is 19.1 Å². The number of benzene rings is 1. The van der Waals surface area contributed by atoms with E-state index in [-0.39, 0.29) is 5.69 Å². The molecule has 0 radical (unpaired) electrons. The fourth-order valence-corrected chi connectivity index (χ4v) is 1.35. The number of nitro benzene ring substituents is 1. The van der Waals surface area contributed by atoms with Crippen LogP contribution in [-0.2, 0) is 0 Å². The molecule has 2 rings (SSSR count). The standard InChI is InChI=1S/C12H10N2O3/c1-9-8-12(17-13-9)7-4-10-2-5-11(6-3-10)14(15)16/h2-8H,1H3/b7-4+. The first kappa shape index (κ1) is 11.1. The van der Waals surface area contributed by atoms with Gasteiger partial charge in [0, 0.05) is 18.2 Å². The van der Waals surface area contributed by atoms with E-state index in [0.29, 0.717) is 5.76 Å². The van der Waals surface area contributed by atoms with Crippen LogP contribution in [0.1, 0.15) is 17.0 Å². The van der Waals surface area contributed by atoms with Crippen molar-refractivity contribution in [2.45, 2.75) is 6.92 Å². The zero-order chi connectivity index (χ0) is 12.3. The predicted molar refractivity (Wildman–Crippen MR) is 63.3 cm³/mol. The molecule has 5 nitrogen and oxygen atoms in total. The number of aryl methyl sites for hydroxylation is 1. The molecular formula is C12H10N2O3. The minimum atomic E-state index is -0.423. The van der Waals surface area contributed by atoms with E-state index in [4.69, 9.17) is 4.52 Å². The van der Waals surface area contributed by atoms with Gasteiger partial charge in [-0.3, -0.25) is 10.1 Å². The van der Waals surface area contributed by atoms with E-state index in [0.717, 1.165) is 11.3 Å². The molecule has 2 aromatic rings. The molecule has 1 aromatic carbocycles. The summed E-state index contributed by atoms with van der Waals surface area (Å²) >= 11 is 0. The normalized spacial score (nSPS) is 10.9. The van der Waals surface area contributed by atoms with Crippen molar-refractivity contribution in [2.75, 3.05) is 0 Å². The fourth-order valence-electron chi connectivity index (χ4n) is 1.35. The van der Waals surface area contributed by atoms with Crippen LogP contribution >= 0.6 is 0 Å². The molecule has 86 valence electrons. The lowest BCUT2D eigenvalue weighted by Gasteiger charge is -1.92. The molecule has 0 spiro atoms. The minimum absolute atomic E-state index is 0.0812. The van der Waals surface area contributed by atoms with Crippen LogP contribution in [0.25, 0.3) is 12.2 Å². The number of aromatic nitrogens is 1. The largest absolute Gasteiger partial charge is 0.357 e. The Kier molecular flexibility index (Phi) is 3.00. The van der Waals surface area contributed by atoms with Crippen LogP contribution in [0.3, 0.4) is 0 Å². The van der Waals surface area contributed by atoms with Gasteiger partial charge in [-0.15, -0.1) is 0 Å². The van der Waals surface area contributed by atoms with Gasteiger partial charge < -0.3 is 4.52 Å². The third kappa shape index (κ3) is 2.78. The first-order valence-corrected chi connectivity index (χ1v) is 5.01. The average molecular weight is 230 g/mol. The number of hydrogen-bond donors (Lipinski definition) is 0. The van der Waals surface area contributed by atoms with Crippen molar-refractivity contribution in [1.82, 2.24) is 5.16 Å². The van der Waals surface area contributed by atoms with Crippen molar-refractivity contribution >= 4 is 17.8 Å². The second kappa shape index (κ2) is 4.61. The highest BCUT2D eigenvalue weighted by Crippen LogP contribution is 2.14. The molecule has 0 aliphatic heterocycles. The lowest BCUT2D eigenvalue weighted by molar-refractivity contribution is -0.384. The monoisotopic (exact) mass is 230 g/mol. The first-order chi connectivity index (χ1) is 8.15. The number of rotatable bonds is 3. The van der Waals surface area contributed by atoms with Crippen LogP contribution in [-0.4, -0.2) is 10.1 Å². The van der Waals surface area contributed by atoms with E-state index in [9.17, 15) is 10.1 Å². The van der Waals surface area contributed by atoms with Gasteiger partial charge in [0.1, 0.15) is 0 Å². The second-order valence-corrected chi connectivity index (χ2v) is 3.55. The van der Waals surface area contributed by atoms with Gasteiger partial charge in [0.2, 0.25) is 0 Å². The zero-order valence-corrected chi connectivity index (χ0v) is 9.16. The Morgan fingerprint density at radius 1 is 1.29 bits per heavy atom. The van der Waals surface area contributed by atoms with Gasteiger partial charge in [0.15, 0.2) is 5.76 Å². The van der Waals surface area contributed by atoms with Gasteiger partial charge in [0.05, 0.1) is 10.6 Å². The van der Waals surface area contributed by atoms with Crippen molar-refractivity contribution in [1.29, 1.82) is 0 Å². The quantitative estimate of drug-likeness (QED) is 0.600. The number of non-ortho nitro benzene ring substituents is 1. The van der Waals surface area contributed by atoms with Crippen molar-refractivity contribution in [3.63, 3.8) is 0 Å². The van der Waals surface area contributed by atoms with Crippen LogP contribution in [0.4, 0.5) is 5.69 Å². The fraction of sp³-hybridized carbons (Fsp3) is 0.0833. The highest BCUT2D eigenvalue weighted by Gasteiger charge is 2.02. The third-order valence-electron chi connectivity index (χ3n) is 2.19. The molecule has 0 saturated heterocycles. The SMILES string of the molecule is Cc1cc(/C=C/c2ccc([N+](=O)[O-])cc2)on1. The maximum atomic E-state index is 10.5. The highest BCUT2D eigenvalue weighted by molar-refractivity contribution is 5.67. The lowest BCUT2D eigenvalue weighted by atomic mass is 10.2. The summed E-state index contributed by atoms with van der Waals surface area (Å²) in [4.78, 5) is 10.0. The van der Waals surface area contributed by atoms with Crippen molar-refractivity contribution < 1.29 is 9.45 Å². The summed E-state index contributed by atoms with van der Waals surface area (Å²) in [5.74, 6) is 0.654. The van der Waals surface area contributed by atoms with E-state index in [1.54, 1.807) is 18.2 Å². The smallest absolute Gasteiger partial charge is 0.269 e. The zero-order valence-electron chi connectivity index (χ0n) is 9.16. The van der Waals surface area contributed by atoms with E-state index in [1.165, 1.54) is 12.1 Å². The Morgan fingerprint density at radius 3 is 2.53 bits per heavy atom. The summed E-state index contributed by atoms with van der Waals surface area (Å²) in [6.07, 6.45) is 3.57. The highest BCUT2D eigenvalue weighted by atomic mass is 16.6. The number of nitro groups is 1. The molecule has 5 heteroatoms. The topological polar surface area (TPSA) is 69.2 Å². The van der Waals surface area contributed by atoms with Crippen LogP contribution < -0.4 is 0 Å². The molecule has 0 saturated carbocycles. The van der Waals surface area contributed by atoms with Crippen molar-refractivity contribution in [3.05, 3.63) is 57.5 Å². The number of hydrogen-bond acceptors (Lipinski definition) is 4. The minimum Gasteiger partial charge on any atom is -0.357 e. The second-order valence-electron chi connectivity index (χ2n) is 3.55. The Morgan fingerprint density at radius 2 is 2.00 bits per heavy atom. The van der Waals surface area contributed by atoms with Gasteiger partial charge in [-0.05, 0) is 30.7 Å². The molecule has 1 aromatic heterocycles. The molecule has 1 heterocycles. The summed E-state index contributed by atoms with van der Waals surface area (Å²) in [7, 11) is 0. The molecule has 17 heavy (non-hydrogen) atoms. The Hall–Kier alpha value is -2.43. The molecule has 0 amide bonds. The molecular weight excluding hydrogens is 220 g/mol. The molecule has 0 atom stereocenters. The molecule has 0 bridgehead atoms. The maximum Gasteiger partial charge on any atom is 0.269 e. The van der Waals surface area contributed by atoms with Crippen LogP contribution in [0, 0.1) is 17.0 Å². The Balaban J connectivity index is 2.13. The van der Waals surface area contributed by atoms with Crippen molar-refractivity contribution in [2.24, 2.45) is 0 Å². The van der Waals surface area contributed by atoms with Crippen LogP contribution in [0.2, 0.25) is 0 Å². The first-order valence-electron chi connectivity index (χ1n) is 5.01. The molecule has 0 aliphatic carbocycles. The average Bonchev–Trinajstić information content (AvgIpc) is 2.73. The van der Waals surface area contributed by atoms with Crippen LogP contribution in [0.15, 0.2) is 34.9 Å². The van der Waals surface area contributed by atoms with E-state index < -0.39 is 4.92 Å². The van der Waals surface area contributed by atoms with Gasteiger partial charge in [0.25, 0.3) is 5.69 Å². The summed E-state index contributed by atoms with van der Waals surface area (Å²) in [6.45, 7) is 1.84. The maximum absolute atomic E-state index is 10.5. The predicted octanol–water partition coefficient (Wildman–Crippen LogP) is 3.06. The summed E-state index contributed by atoms with van der Waals surface area (Å²) < 4.78 is 5.00.